The van der Waals surface area contributed by atoms with E-state index in [1.165, 1.54) is 28.8 Å². The number of carbonyl (C=O) groups excluding carboxylic acids is 2. The molecule has 3 aromatic carbocycles. The van der Waals surface area contributed by atoms with Crippen LogP contribution >= 0.6 is 0 Å². The minimum absolute atomic E-state index is 0.0591. The van der Waals surface area contributed by atoms with E-state index in [9.17, 15) is 14.0 Å². The van der Waals surface area contributed by atoms with Gasteiger partial charge >= 0.3 is 6.09 Å². The molecule has 4 rings (SSSR count). The number of rotatable bonds is 8. The lowest BCUT2D eigenvalue weighted by atomic mass is 9.84. The zero-order valence-corrected chi connectivity index (χ0v) is 21.6. The van der Waals surface area contributed by atoms with Crippen LogP contribution in [-0.2, 0) is 28.0 Å². The van der Waals surface area contributed by atoms with Crippen LogP contribution in [0.2, 0.25) is 0 Å². The second-order valence-corrected chi connectivity index (χ2v) is 9.85. The molecule has 0 aliphatic carbocycles. The summed E-state index contributed by atoms with van der Waals surface area (Å²) in [6, 6.07) is 22.4. The van der Waals surface area contributed by atoms with Crippen molar-refractivity contribution in [2.75, 3.05) is 19.6 Å². The fourth-order valence-corrected chi connectivity index (χ4v) is 4.85. The van der Waals surface area contributed by atoms with Crippen molar-refractivity contribution in [3.8, 4) is 0 Å². The van der Waals surface area contributed by atoms with E-state index in [0.717, 1.165) is 17.5 Å². The molecule has 1 saturated heterocycles. The van der Waals surface area contributed by atoms with Crippen LogP contribution in [0.1, 0.15) is 47.1 Å². The number of aryl methyl sites for hydroxylation is 3. The molecule has 0 spiro atoms. The second kappa shape index (κ2) is 12.0. The van der Waals surface area contributed by atoms with Crippen LogP contribution in [0.25, 0.3) is 0 Å². The average molecular weight is 503 g/mol. The number of ether oxygens (including phenoxy) is 1. The molecule has 37 heavy (non-hydrogen) atoms. The number of carbonyl (C=O) groups is 2. The summed E-state index contributed by atoms with van der Waals surface area (Å²) >= 11 is 0. The zero-order chi connectivity index (χ0) is 26.3. The predicted molar refractivity (Wildman–Crippen MR) is 143 cm³/mol. The molecule has 0 atom stereocenters. The maximum absolute atomic E-state index is 13.1. The van der Waals surface area contributed by atoms with E-state index in [1.54, 1.807) is 12.1 Å². The third kappa shape index (κ3) is 6.97. The van der Waals surface area contributed by atoms with Crippen molar-refractivity contribution in [3.63, 3.8) is 0 Å². The summed E-state index contributed by atoms with van der Waals surface area (Å²) in [6.07, 6.45) is 2.28. The molecule has 1 heterocycles. The van der Waals surface area contributed by atoms with Gasteiger partial charge in [-0.3, -0.25) is 4.79 Å². The average Bonchev–Trinajstić information content (AvgIpc) is 2.91. The Morgan fingerprint density at radius 3 is 2.24 bits per heavy atom. The zero-order valence-electron chi connectivity index (χ0n) is 21.6. The quantitative estimate of drug-likeness (QED) is 0.420. The number of alkyl carbamates (subject to hydrolysis) is 1. The monoisotopic (exact) mass is 502 g/mol. The van der Waals surface area contributed by atoms with Gasteiger partial charge in [0, 0.05) is 38.9 Å². The van der Waals surface area contributed by atoms with Crippen LogP contribution in [0, 0.1) is 19.7 Å². The van der Waals surface area contributed by atoms with E-state index in [4.69, 9.17) is 4.74 Å². The predicted octanol–water partition coefficient (Wildman–Crippen LogP) is 5.86. The molecular formula is C31H35FN2O3. The molecule has 0 bridgehead atoms. The highest BCUT2D eigenvalue weighted by Crippen LogP contribution is 2.37. The first-order valence-corrected chi connectivity index (χ1v) is 13.0. The molecule has 5 nitrogen and oxygen atoms in total. The Hall–Kier alpha value is -3.67. The van der Waals surface area contributed by atoms with E-state index in [1.807, 2.05) is 35.2 Å². The lowest BCUT2D eigenvalue weighted by molar-refractivity contribution is -0.135. The van der Waals surface area contributed by atoms with Crippen molar-refractivity contribution in [2.24, 2.45) is 0 Å². The molecule has 0 aromatic heterocycles. The van der Waals surface area contributed by atoms with Crippen molar-refractivity contribution in [1.82, 2.24) is 10.2 Å². The lowest BCUT2D eigenvalue weighted by Gasteiger charge is -2.41. The molecule has 0 radical (unpaired) electrons. The smallest absolute Gasteiger partial charge is 0.408 e. The first-order valence-electron chi connectivity index (χ1n) is 13.0. The summed E-state index contributed by atoms with van der Waals surface area (Å²) in [5, 5.41) is 2.92. The van der Waals surface area contributed by atoms with Crippen molar-refractivity contribution in [2.45, 2.75) is 51.6 Å². The van der Waals surface area contributed by atoms with Crippen LogP contribution in [0.3, 0.4) is 0 Å². The van der Waals surface area contributed by atoms with Crippen LogP contribution in [0.5, 0.6) is 0 Å². The summed E-state index contributed by atoms with van der Waals surface area (Å²) in [7, 11) is 0. The minimum atomic E-state index is -0.778. The highest BCUT2D eigenvalue weighted by Gasteiger charge is 2.40. The van der Waals surface area contributed by atoms with Crippen LogP contribution in [0.4, 0.5) is 9.18 Å². The van der Waals surface area contributed by atoms with Gasteiger partial charge in [-0.1, -0.05) is 60.7 Å². The van der Waals surface area contributed by atoms with Crippen LogP contribution in [-0.4, -0.2) is 36.5 Å². The molecule has 1 fully saturated rings. The fraction of sp³-hybridized carbons (Fsp3) is 0.355. The number of hydrogen-bond donors (Lipinski definition) is 1. The third-order valence-electron chi connectivity index (χ3n) is 7.31. The van der Waals surface area contributed by atoms with E-state index in [2.05, 4.69) is 37.4 Å². The lowest BCUT2D eigenvalue weighted by Crippen LogP contribution is -2.48. The highest BCUT2D eigenvalue weighted by atomic mass is 19.1. The molecule has 0 saturated carbocycles. The number of nitrogens with zero attached hydrogens (tertiary/aromatic N) is 1. The highest BCUT2D eigenvalue weighted by molar-refractivity contribution is 5.76. The molecule has 6 heteroatoms. The molecule has 2 amide bonds. The van der Waals surface area contributed by atoms with Gasteiger partial charge in [0.1, 0.15) is 11.4 Å². The van der Waals surface area contributed by atoms with Crippen molar-refractivity contribution >= 4 is 12.0 Å². The number of hydrogen-bond acceptors (Lipinski definition) is 3. The van der Waals surface area contributed by atoms with Gasteiger partial charge in [0.05, 0.1) is 0 Å². The summed E-state index contributed by atoms with van der Waals surface area (Å²) in [6.45, 7) is 5.67. The topological polar surface area (TPSA) is 58.6 Å². The SMILES string of the molecule is Cc1ccc(CCNC(=O)OC2(c3ccccc3)CCN(C(=O)CCc3ccc(F)cc3)CC2)cc1C. The van der Waals surface area contributed by atoms with Crippen molar-refractivity contribution in [3.05, 3.63) is 106 Å². The van der Waals surface area contributed by atoms with Gasteiger partial charge < -0.3 is 15.0 Å². The summed E-state index contributed by atoms with van der Waals surface area (Å²) in [4.78, 5) is 27.6. The third-order valence-corrected chi connectivity index (χ3v) is 7.31. The van der Waals surface area contributed by atoms with Crippen molar-refractivity contribution < 1.29 is 18.7 Å². The Labute approximate surface area is 218 Å². The summed E-state index contributed by atoms with van der Waals surface area (Å²) in [5.41, 5.74) is 4.76. The Morgan fingerprint density at radius 1 is 0.892 bits per heavy atom. The molecular weight excluding hydrogens is 467 g/mol. The van der Waals surface area contributed by atoms with Gasteiger partial charge in [0.2, 0.25) is 5.91 Å². The Balaban J connectivity index is 1.33. The van der Waals surface area contributed by atoms with Gasteiger partial charge in [-0.25, -0.2) is 9.18 Å². The van der Waals surface area contributed by atoms with Gasteiger partial charge in [-0.2, -0.15) is 0 Å². The number of amides is 2. The molecule has 1 aliphatic rings. The fourth-order valence-electron chi connectivity index (χ4n) is 4.85. The van der Waals surface area contributed by atoms with Gasteiger partial charge in [-0.15, -0.1) is 0 Å². The molecule has 0 unspecified atom stereocenters. The van der Waals surface area contributed by atoms with Crippen molar-refractivity contribution in [1.29, 1.82) is 0 Å². The number of nitrogens with one attached hydrogen (secondary N) is 1. The summed E-state index contributed by atoms with van der Waals surface area (Å²) in [5.74, 6) is -0.221. The van der Waals surface area contributed by atoms with Crippen LogP contribution in [0.15, 0.2) is 72.8 Å². The first-order chi connectivity index (χ1) is 17.8. The summed E-state index contributed by atoms with van der Waals surface area (Å²) < 4.78 is 19.2. The Morgan fingerprint density at radius 2 is 1.57 bits per heavy atom. The second-order valence-electron chi connectivity index (χ2n) is 9.85. The maximum atomic E-state index is 13.1. The number of likely N-dealkylation sites (tertiary alicyclic amines) is 1. The van der Waals surface area contributed by atoms with Crippen LogP contribution < -0.4 is 5.32 Å². The van der Waals surface area contributed by atoms with E-state index in [-0.39, 0.29) is 11.7 Å². The number of benzene rings is 3. The molecule has 1 N–H and O–H groups in total. The van der Waals surface area contributed by atoms with Gasteiger partial charge in [-0.05, 0) is 66.6 Å². The van der Waals surface area contributed by atoms with E-state index < -0.39 is 11.7 Å². The largest absolute Gasteiger partial charge is 0.438 e. The number of halogens is 1. The van der Waals surface area contributed by atoms with Gasteiger partial charge in [0.25, 0.3) is 0 Å². The number of piperidine rings is 1. The molecule has 3 aromatic rings. The van der Waals surface area contributed by atoms with E-state index in [0.29, 0.717) is 45.3 Å². The Kier molecular flexibility index (Phi) is 8.59. The first kappa shape index (κ1) is 26.4. The Bertz CT molecular complexity index is 1200. The molecule has 1 aliphatic heterocycles. The maximum Gasteiger partial charge on any atom is 0.408 e. The minimum Gasteiger partial charge on any atom is -0.438 e. The normalized spacial score (nSPS) is 14.7. The standard InChI is InChI=1S/C31H35FN2O3/c1-23-8-9-26(22-24(23)2)16-19-33-30(36)37-31(27-6-4-3-5-7-27)17-20-34(21-18-31)29(35)15-12-25-10-13-28(32)14-11-25/h3-11,13-14,22H,12,15-21H2,1-2H3,(H,33,36). The molecule has 194 valence electrons. The van der Waals surface area contributed by atoms with Gasteiger partial charge in [0.15, 0.2) is 0 Å². The van der Waals surface area contributed by atoms with E-state index >= 15 is 0 Å².